The van der Waals surface area contributed by atoms with Crippen LogP contribution in [0.1, 0.15) is 38.6 Å². The van der Waals surface area contributed by atoms with Gasteiger partial charge in [0.05, 0.1) is 28.0 Å². The first-order valence-electron chi connectivity index (χ1n) is 13.3. The van der Waals surface area contributed by atoms with Crippen LogP contribution in [0, 0.1) is 27.7 Å². The van der Waals surface area contributed by atoms with Gasteiger partial charge in [-0.1, -0.05) is 29.4 Å². The van der Waals surface area contributed by atoms with Gasteiger partial charge in [0.2, 0.25) is 11.8 Å². The van der Waals surface area contributed by atoms with Crippen molar-refractivity contribution < 1.29 is 22.2 Å². The minimum Gasteiger partial charge on any atom is -0.445 e. The van der Waals surface area contributed by atoms with E-state index in [4.69, 9.17) is 8.94 Å². The van der Waals surface area contributed by atoms with E-state index in [-0.39, 0.29) is 16.7 Å². The lowest BCUT2D eigenvalue weighted by atomic mass is 9.95. The molecule has 0 fully saturated rings. The van der Waals surface area contributed by atoms with Crippen LogP contribution in [0.5, 0.6) is 0 Å². The first kappa shape index (κ1) is 28.8. The monoisotopic (exact) mass is 588 g/mol. The summed E-state index contributed by atoms with van der Waals surface area (Å²) in [5.41, 5.74) is 6.00. The average molecular weight is 589 g/mol. The summed E-state index contributed by atoms with van der Waals surface area (Å²) in [6, 6.07) is 12.4. The number of anilines is 1. The van der Waals surface area contributed by atoms with Crippen molar-refractivity contribution in [1.29, 1.82) is 0 Å². The predicted octanol–water partition coefficient (Wildman–Crippen LogP) is 5.08. The summed E-state index contributed by atoms with van der Waals surface area (Å²) < 4.78 is 42.2. The van der Waals surface area contributed by atoms with E-state index in [2.05, 4.69) is 20.0 Å². The average Bonchev–Trinajstić information content (AvgIpc) is 3.68. The van der Waals surface area contributed by atoms with Gasteiger partial charge in [-0.3, -0.25) is 9.48 Å². The van der Waals surface area contributed by atoms with E-state index in [9.17, 15) is 13.2 Å². The molecule has 12 heteroatoms. The minimum absolute atomic E-state index is 0.0721. The number of rotatable bonds is 9. The highest BCUT2D eigenvalue weighted by atomic mass is 32.2. The molecule has 3 aromatic heterocycles. The van der Waals surface area contributed by atoms with Crippen molar-refractivity contribution in [1.82, 2.24) is 24.8 Å². The van der Waals surface area contributed by atoms with Crippen LogP contribution in [0.4, 0.5) is 5.88 Å². The molecule has 0 aliphatic carbocycles. The van der Waals surface area contributed by atoms with Gasteiger partial charge in [0.1, 0.15) is 6.26 Å². The molecule has 5 aromatic rings. The fourth-order valence-electron chi connectivity index (χ4n) is 4.84. The van der Waals surface area contributed by atoms with Gasteiger partial charge in [0.15, 0.2) is 0 Å². The smallest absolute Gasteiger partial charge is 0.264 e. The van der Waals surface area contributed by atoms with Crippen molar-refractivity contribution in [2.75, 3.05) is 18.3 Å². The molecule has 0 atom stereocenters. The van der Waals surface area contributed by atoms with Gasteiger partial charge in [-0.15, -0.1) is 0 Å². The molecule has 1 N–H and O–H groups in total. The molecule has 3 heterocycles. The highest BCUT2D eigenvalue weighted by Crippen LogP contribution is 2.34. The number of aromatic nitrogens is 4. The number of carbonyl (C=O) groups excluding carboxylic acids is 1. The van der Waals surface area contributed by atoms with Crippen molar-refractivity contribution in [3.05, 3.63) is 88.7 Å². The molecule has 0 bridgehead atoms. The molecule has 0 saturated carbocycles. The molecule has 0 aliphatic rings. The van der Waals surface area contributed by atoms with E-state index < -0.39 is 10.0 Å². The number of nitrogens with zero attached hydrogens (tertiary/aromatic N) is 5. The molecule has 218 valence electrons. The van der Waals surface area contributed by atoms with E-state index in [1.807, 2.05) is 39.1 Å². The van der Waals surface area contributed by atoms with E-state index in [0.29, 0.717) is 52.5 Å². The third kappa shape index (κ3) is 5.45. The lowest BCUT2D eigenvalue weighted by molar-refractivity contribution is 0.0795. The highest BCUT2D eigenvalue weighted by Gasteiger charge is 2.25. The van der Waals surface area contributed by atoms with E-state index >= 15 is 0 Å². The minimum atomic E-state index is -4.05. The Kier molecular flexibility index (Phi) is 7.74. The van der Waals surface area contributed by atoms with Crippen LogP contribution in [0.3, 0.4) is 0 Å². The third-order valence-electron chi connectivity index (χ3n) is 7.42. The van der Waals surface area contributed by atoms with Crippen molar-refractivity contribution >= 4 is 21.8 Å². The summed E-state index contributed by atoms with van der Waals surface area (Å²) in [7, 11) is -0.492. The zero-order valence-electron chi connectivity index (χ0n) is 24.3. The van der Waals surface area contributed by atoms with Crippen LogP contribution in [0.2, 0.25) is 0 Å². The maximum absolute atomic E-state index is 13.6. The lowest BCUT2D eigenvalue weighted by Gasteiger charge is -2.20. The number of hydrogen-bond acceptors (Lipinski definition) is 8. The van der Waals surface area contributed by atoms with Gasteiger partial charge in [-0.05, 0) is 63.4 Å². The number of sulfonamides is 1. The third-order valence-corrected chi connectivity index (χ3v) is 8.81. The maximum Gasteiger partial charge on any atom is 0.264 e. The summed E-state index contributed by atoms with van der Waals surface area (Å²) >= 11 is 0. The van der Waals surface area contributed by atoms with Gasteiger partial charge < -0.3 is 13.8 Å². The standard InChI is InChI=1S/C30H32N6O5S/c1-18-19(2)33-41-28(18)34-42(38,39)26-10-8-7-9-25(26)24-12-11-23(29-31-14-16-40-29)17-22(24)13-15-35(5)30(37)27-20(3)32-36(6)21(27)4/h7-12,14,16-17,34H,13,15H2,1-6H3. The Bertz CT molecular complexity index is 1870. The number of aryl methyl sites for hydroxylation is 3. The number of benzene rings is 2. The Balaban J connectivity index is 1.52. The molecular formula is C30H32N6O5S. The van der Waals surface area contributed by atoms with Gasteiger partial charge in [-0.2, -0.15) is 5.10 Å². The highest BCUT2D eigenvalue weighted by molar-refractivity contribution is 7.92. The molecule has 5 rings (SSSR count). The number of likely N-dealkylation sites (N-methyl/N-ethyl adjacent to an activating group) is 1. The molecule has 42 heavy (non-hydrogen) atoms. The summed E-state index contributed by atoms with van der Waals surface area (Å²) in [6.07, 6.45) is 3.50. The van der Waals surface area contributed by atoms with Crippen molar-refractivity contribution in [3.8, 4) is 22.6 Å². The fourth-order valence-corrected chi connectivity index (χ4v) is 6.11. The predicted molar refractivity (Wildman–Crippen MR) is 158 cm³/mol. The molecule has 0 radical (unpaired) electrons. The van der Waals surface area contributed by atoms with Gasteiger partial charge in [0.25, 0.3) is 15.9 Å². The van der Waals surface area contributed by atoms with Crippen LogP contribution in [-0.2, 0) is 23.5 Å². The summed E-state index contributed by atoms with van der Waals surface area (Å²) in [5.74, 6) is 0.379. The molecule has 0 spiro atoms. The topological polar surface area (TPSA) is 136 Å². The number of hydrogen-bond donors (Lipinski definition) is 1. The first-order valence-corrected chi connectivity index (χ1v) is 14.8. The molecule has 1 amide bonds. The van der Waals surface area contributed by atoms with Crippen molar-refractivity contribution in [3.63, 3.8) is 0 Å². The fraction of sp³-hybridized carbons (Fsp3) is 0.267. The molecular weight excluding hydrogens is 556 g/mol. The number of carbonyl (C=O) groups is 1. The number of nitrogens with one attached hydrogen (secondary N) is 1. The molecule has 11 nitrogen and oxygen atoms in total. The van der Waals surface area contributed by atoms with Crippen LogP contribution < -0.4 is 4.72 Å². The van der Waals surface area contributed by atoms with Crippen LogP contribution in [0.25, 0.3) is 22.6 Å². The Morgan fingerprint density at radius 3 is 2.45 bits per heavy atom. The van der Waals surface area contributed by atoms with E-state index in [0.717, 1.165) is 16.8 Å². The van der Waals surface area contributed by atoms with Gasteiger partial charge >= 0.3 is 0 Å². The second-order valence-electron chi connectivity index (χ2n) is 10.2. The largest absolute Gasteiger partial charge is 0.445 e. The Hall–Kier alpha value is -4.71. The lowest BCUT2D eigenvalue weighted by Crippen LogP contribution is -2.29. The normalized spacial score (nSPS) is 11.6. The van der Waals surface area contributed by atoms with Gasteiger partial charge in [-0.25, -0.2) is 18.1 Å². The van der Waals surface area contributed by atoms with E-state index in [1.165, 1.54) is 6.26 Å². The Labute approximate surface area is 244 Å². The van der Waals surface area contributed by atoms with Gasteiger partial charge in [0, 0.05) is 43.0 Å². The summed E-state index contributed by atoms with van der Waals surface area (Å²) in [4.78, 5) is 19.4. The second kappa shape index (κ2) is 11.3. The number of oxazole rings is 1. The van der Waals surface area contributed by atoms with E-state index in [1.54, 1.807) is 60.9 Å². The zero-order valence-corrected chi connectivity index (χ0v) is 25.1. The zero-order chi connectivity index (χ0) is 30.2. The maximum atomic E-state index is 13.6. The summed E-state index contributed by atoms with van der Waals surface area (Å²) in [6.45, 7) is 7.54. The Morgan fingerprint density at radius 2 is 1.81 bits per heavy atom. The molecule has 0 saturated heterocycles. The van der Waals surface area contributed by atoms with Crippen LogP contribution in [-0.4, -0.2) is 52.7 Å². The van der Waals surface area contributed by atoms with Crippen molar-refractivity contribution in [2.45, 2.75) is 39.0 Å². The SMILES string of the molecule is Cc1noc(NS(=O)(=O)c2ccccc2-c2ccc(-c3ncco3)cc2CCN(C)C(=O)c2c(C)nn(C)c2C)c1C. The quantitative estimate of drug-likeness (QED) is 0.252. The first-order chi connectivity index (χ1) is 20.0. The molecule has 0 aliphatic heterocycles. The second-order valence-corrected chi connectivity index (χ2v) is 11.8. The number of amides is 1. The Morgan fingerprint density at radius 1 is 1.05 bits per heavy atom. The van der Waals surface area contributed by atoms with Crippen LogP contribution >= 0.6 is 0 Å². The van der Waals surface area contributed by atoms with Crippen LogP contribution in [0.15, 0.2) is 68.8 Å². The molecule has 2 aromatic carbocycles. The summed E-state index contributed by atoms with van der Waals surface area (Å²) in [5, 5.41) is 8.23. The molecule has 0 unspecified atom stereocenters. The van der Waals surface area contributed by atoms with Crippen molar-refractivity contribution in [2.24, 2.45) is 7.05 Å².